The van der Waals surface area contributed by atoms with Crippen LogP contribution in [-0.4, -0.2) is 58.2 Å². The monoisotopic (exact) mass is 324 g/mol. The number of likely N-dealkylation sites (tertiary alicyclic amines) is 1. The van der Waals surface area contributed by atoms with Gasteiger partial charge >= 0.3 is 0 Å². The van der Waals surface area contributed by atoms with Gasteiger partial charge in [0.25, 0.3) is 0 Å². The minimum absolute atomic E-state index is 0.306. The Morgan fingerprint density at radius 2 is 2.12 bits per heavy atom. The Labute approximate surface area is 143 Å². The van der Waals surface area contributed by atoms with Gasteiger partial charge in [-0.2, -0.15) is 0 Å². The first-order valence-electron chi connectivity index (χ1n) is 8.67. The molecule has 2 fully saturated rings. The molecular weight excluding hydrogens is 300 g/mol. The molecule has 2 aromatic heterocycles. The van der Waals surface area contributed by atoms with Crippen LogP contribution in [-0.2, 0) is 17.8 Å². The molecule has 0 bridgehead atoms. The van der Waals surface area contributed by atoms with Crippen molar-refractivity contribution < 1.29 is 4.74 Å². The van der Waals surface area contributed by atoms with Gasteiger partial charge in [-0.3, -0.25) is 19.8 Å². The number of nitrogens with zero attached hydrogens (tertiary/aromatic N) is 4. The van der Waals surface area contributed by atoms with E-state index in [4.69, 9.17) is 4.74 Å². The molecule has 5 heteroatoms. The zero-order valence-electron chi connectivity index (χ0n) is 14.1. The normalized spacial score (nSPS) is 24.9. The Morgan fingerprint density at radius 3 is 2.96 bits per heavy atom. The van der Waals surface area contributed by atoms with E-state index in [1.54, 1.807) is 0 Å². The van der Waals surface area contributed by atoms with Gasteiger partial charge in [-0.1, -0.05) is 12.1 Å². The lowest BCUT2D eigenvalue weighted by Crippen LogP contribution is -2.50. The minimum atomic E-state index is 0.306. The maximum Gasteiger partial charge on any atom is 0.0870 e. The van der Waals surface area contributed by atoms with Gasteiger partial charge in [-0.25, -0.2) is 0 Å². The van der Waals surface area contributed by atoms with E-state index in [1.807, 2.05) is 18.5 Å². The number of hydrogen-bond donors (Lipinski definition) is 0. The molecule has 0 saturated carbocycles. The smallest absolute Gasteiger partial charge is 0.0870 e. The number of rotatable bonds is 4. The summed E-state index contributed by atoms with van der Waals surface area (Å²) in [5.41, 5.74) is 3.51. The molecule has 0 amide bonds. The van der Waals surface area contributed by atoms with E-state index in [0.29, 0.717) is 12.1 Å². The molecule has 2 aliphatic rings. The molecule has 0 radical (unpaired) electrons. The molecular formula is C19H24N4O. The molecule has 0 aliphatic carbocycles. The van der Waals surface area contributed by atoms with Crippen LogP contribution in [0.5, 0.6) is 0 Å². The van der Waals surface area contributed by atoms with Gasteiger partial charge in [0.15, 0.2) is 0 Å². The lowest BCUT2D eigenvalue weighted by Gasteiger charge is -2.36. The SMILES string of the molecule is Cc1cccc(CN2CCO[C@H]3CN(Cc4cccnc4)C[C@H]32)n1. The molecule has 0 N–H and O–H groups in total. The predicted octanol–water partition coefficient (Wildman–Crippen LogP) is 1.87. The molecule has 0 spiro atoms. The molecule has 2 aliphatic heterocycles. The van der Waals surface area contributed by atoms with Crippen molar-refractivity contribution in [1.29, 1.82) is 0 Å². The minimum Gasteiger partial charge on any atom is -0.374 e. The highest BCUT2D eigenvalue weighted by Gasteiger charge is 2.39. The lowest BCUT2D eigenvalue weighted by molar-refractivity contribution is -0.0508. The van der Waals surface area contributed by atoms with E-state index >= 15 is 0 Å². The largest absolute Gasteiger partial charge is 0.374 e. The van der Waals surface area contributed by atoms with Crippen LogP contribution in [0, 0.1) is 6.92 Å². The van der Waals surface area contributed by atoms with Gasteiger partial charge in [0.2, 0.25) is 0 Å². The number of ether oxygens (including phenoxy) is 1. The first kappa shape index (κ1) is 15.7. The van der Waals surface area contributed by atoms with Crippen LogP contribution < -0.4 is 0 Å². The summed E-state index contributed by atoms with van der Waals surface area (Å²) in [5.74, 6) is 0. The Balaban J connectivity index is 1.43. The summed E-state index contributed by atoms with van der Waals surface area (Å²) in [6.07, 6.45) is 4.09. The molecule has 126 valence electrons. The molecule has 5 nitrogen and oxygen atoms in total. The number of aryl methyl sites for hydroxylation is 1. The third-order valence-corrected chi connectivity index (χ3v) is 4.93. The summed E-state index contributed by atoms with van der Waals surface area (Å²) in [4.78, 5) is 13.9. The summed E-state index contributed by atoms with van der Waals surface area (Å²) in [6.45, 7) is 7.75. The van der Waals surface area contributed by atoms with Gasteiger partial charge in [-0.05, 0) is 30.7 Å². The summed E-state index contributed by atoms with van der Waals surface area (Å²) < 4.78 is 6.04. The third-order valence-electron chi connectivity index (χ3n) is 4.93. The van der Waals surface area contributed by atoms with E-state index in [-0.39, 0.29) is 0 Å². The second-order valence-corrected chi connectivity index (χ2v) is 6.77. The van der Waals surface area contributed by atoms with Crippen molar-refractivity contribution >= 4 is 0 Å². The van der Waals surface area contributed by atoms with Crippen molar-refractivity contribution in [3.05, 3.63) is 59.7 Å². The fraction of sp³-hybridized carbons (Fsp3) is 0.474. The van der Waals surface area contributed by atoms with E-state index in [9.17, 15) is 0 Å². The number of pyridine rings is 2. The zero-order chi connectivity index (χ0) is 16.4. The molecule has 2 aromatic rings. The maximum absolute atomic E-state index is 6.04. The van der Waals surface area contributed by atoms with E-state index < -0.39 is 0 Å². The van der Waals surface area contributed by atoms with Crippen LogP contribution in [0.2, 0.25) is 0 Å². The van der Waals surface area contributed by atoms with Gasteiger partial charge in [0, 0.05) is 50.8 Å². The van der Waals surface area contributed by atoms with Crippen LogP contribution in [0.1, 0.15) is 17.0 Å². The average molecular weight is 324 g/mol. The van der Waals surface area contributed by atoms with Crippen LogP contribution >= 0.6 is 0 Å². The number of fused-ring (bicyclic) bond motifs is 1. The summed E-state index contributed by atoms with van der Waals surface area (Å²) in [6, 6.07) is 10.9. The number of morpholine rings is 1. The van der Waals surface area contributed by atoms with Crippen LogP contribution in [0.15, 0.2) is 42.7 Å². The van der Waals surface area contributed by atoms with Gasteiger partial charge in [0.1, 0.15) is 0 Å². The predicted molar refractivity (Wildman–Crippen MR) is 92.4 cm³/mol. The summed E-state index contributed by atoms with van der Waals surface area (Å²) in [7, 11) is 0. The Hall–Kier alpha value is -1.82. The van der Waals surface area contributed by atoms with Crippen molar-refractivity contribution in [1.82, 2.24) is 19.8 Å². The van der Waals surface area contributed by atoms with E-state index in [2.05, 4.69) is 51.0 Å². The number of hydrogen-bond acceptors (Lipinski definition) is 5. The van der Waals surface area contributed by atoms with Crippen molar-refractivity contribution in [2.75, 3.05) is 26.2 Å². The second kappa shape index (κ2) is 6.97. The Bertz CT molecular complexity index is 678. The maximum atomic E-state index is 6.04. The second-order valence-electron chi connectivity index (χ2n) is 6.77. The van der Waals surface area contributed by atoms with Crippen molar-refractivity contribution in [2.45, 2.75) is 32.2 Å². The topological polar surface area (TPSA) is 41.5 Å². The fourth-order valence-corrected chi connectivity index (χ4v) is 3.81. The Morgan fingerprint density at radius 1 is 1.17 bits per heavy atom. The highest BCUT2D eigenvalue weighted by molar-refractivity contribution is 5.12. The molecule has 2 saturated heterocycles. The quantitative estimate of drug-likeness (QED) is 0.859. The summed E-state index contributed by atoms with van der Waals surface area (Å²) >= 11 is 0. The lowest BCUT2D eigenvalue weighted by atomic mass is 10.1. The van der Waals surface area contributed by atoms with Crippen LogP contribution in [0.4, 0.5) is 0 Å². The molecule has 0 unspecified atom stereocenters. The van der Waals surface area contributed by atoms with Crippen LogP contribution in [0.3, 0.4) is 0 Å². The summed E-state index contributed by atoms with van der Waals surface area (Å²) in [5, 5.41) is 0. The van der Waals surface area contributed by atoms with Crippen molar-refractivity contribution in [3.63, 3.8) is 0 Å². The average Bonchev–Trinajstić information content (AvgIpc) is 2.99. The third kappa shape index (κ3) is 3.48. The Kier molecular flexibility index (Phi) is 4.56. The van der Waals surface area contributed by atoms with Crippen molar-refractivity contribution in [3.8, 4) is 0 Å². The fourth-order valence-electron chi connectivity index (χ4n) is 3.81. The van der Waals surface area contributed by atoms with E-state index in [0.717, 1.165) is 50.7 Å². The van der Waals surface area contributed by atoms with Gasteiger partial charge in [0.05, 0.1) is 24.4 Å². The number of aromatic nitrogens is 2. The van der Waals surface area contributed by atoms with Crippen LogP contribution in [0.25, 0.3) is 0 Å². The zero-order valence-corrected chi connectivity index (χ0v) is 14.1. The van der Waals surface area contributed by atoms with E-state index in [1.165, 1.54) is 5.56 Å². The molecule has 4 heterocycles. The standard InChI is InChI=1S/C19H24N4O/c1-15-4-2-6-17(21-15)12-23-8-9-24-19-14-22(13-18(19)23)11-16-5-3-7-20-10-16/h2-7,10,18-19H,8-9,11-14H2,1H3/t18-,19+/m1/s1. The molecule has 24 heavy (non-hydrogen) atoms. The first-order valence-corrected chi connectivity index (χ1v) is 8.67. The van der Waals surface area contributed by atoms with Gasteiger partial charge in [-0.15, -0.1) is 0 Å². The molecule has 2 atom stereocenters. The van der Waals surface area contributed by atoms with Gasteiger partial charge < -0.3 is 4.74 Å². The van der Waals surface area contributed by atoms with Crippen molar-refractivity contribution in [2.24, 2.45) is 0 Å². The highest BCUT2D eigenvalue weighted by atomic mass is 16.5. The molecule has 4 rings (SSSR count). The highest BCUT2D eigenvalue weighted by Crippen LogP contribution is 2.25. The first-order chi connectivity index (χ1) is 11.8. The molecule has 0 aromatic carbocycles.